The van der Waals surface area contributed by atoms with Crippen molar-refractivity contribution in [2.75, 3.05) is 0 Å². The molecule has 234 valence electrons. The molecular weight excluding hydrogens is 617 g/mol. The molecule has 1 aromatic heterocycles. The third-order valence-electron chi connectivity index (χ3n) is 8.45. The first kappa shape index (κ1) is 31.1. The smallest absolute Gasteiger partial charge is 0.206 e. The molecule has 10 heteroatoms. The average Bonchev–Trinajstić information content (AvgIpc) is 3.02. The first-order chi connectivity index (χ1) is 21.6. The summed E-state index contributed by atoms with van der Waals surface area (Å²) in [5.74, 6) is -17.0. The van der Waals surface area contributed by atoms with Crippen LogP contribution in [0.15, 0.2) is 48.5 Å². The predicted octanol–water partition coefficient (Wildman–Crippen LogP) is 10.3. The number of fused-ring (bicyclic) bond motifs is 2. The van der Waals surface area contributed by atoms with Crippen LogP contribution in [-0.2, 0) is 7.05 Å². The summed E-state index contributed by atoms with van der Waals surface area (Å²) >= 11 is 0. The Kier molecular flexibility index (Phi) is 7.37. The van der Waals surface area contributed by atoms with Gasteiger partial charge in [-0.3, -0.25) is 0 Å². The number of nitrogens with zero attached hydrogens (tertiary/aromatic N) is 1. The zero-order valence-electron chi connectivity index (χ0n) is 25.0. The number of pyridine rings is 1. The molecule has 0 fully saturated rings. The van der Waals surface area contributed by atoms with Gasteiger partial charge in [-0.15, -0.1) is 0 Å². The van der Waals surface area contributed by atoms with Crippen molar-refractivity contribution in [2.24, 2.45) is 7.05 Å². The van der Waals surface area contributed by atoms with Gasteiger partial charge in [0.15, 0.2) is 40.7 Å². The van der Waals surface area contributed by atoms with E-state index in [2.05, 4.69) is 0 Å². The van der Waals surface area contributed by atoms with Crippen molar-refractivity contribution >= 4 is 21.8 Å². The van der Waals surface area contributed by atoms with Gasteiger partial charge in [-0.1, -0.05) is 29.8 Å². The first-order valence-electron chi connectivity index (χ1n) is 14.0. The maximum atomic E-state index is 15.2. The molecule has 0 atom stereocenters. The van der Waals surface area contributed by atoms with Gasteiger partial charge in [0.05, 0.1) is 21.9 Å². The van der Waals surface area contributed by atoms with Crippen molar-refractivity contribution in [3.05, 3.63) is 123 Å². The highest BCUT2D eigenvalue weighted by molar-refractivity contribution is 6.09. The molecule has 1 nitrogen and oxygen atoms in total. The second kappa shape index (κ2) is 10.9. The highest BCUT2D eigenvalue weighted by Crippen LogP contribution is 2.42. The van der Waals surface area contributed by atoms with E-state index in [4.69, 9.17) is 0 Å². The van der Waals surface area contributed by atoms with Gasteiger partial charge in [0.1, 0.15) is 12.9 Å². The quantitative estimate of drug-likeness (QED) is 0.0596. The molecule has 0 aliphatic carbocycles. The Hall–Kier alpha value is -4.86. The summed E-state index contributed by atoms with van der Waals surface area (Å²) in [7, 11) is 1.54. The van der Waals surface area contributed by atoms with Crippen molar-refractivity contribution in [3.8, 4) is 33.4 Å². The van der Waals surface area contributed by atoms with E-state index in [1.54, 1.807) is 13.1 Å². The molecule has 0 aliphatic rings. The standard InChI is InChI=1S/C36H23F9N/c1-14-10-15(2)24(16(3)11-14)27-20-8-6-18(25-28(37)17(4)29(38)33(42)30(25)39)12-22(20)46(5)23-13-19(7-9-21(23)27)26-31(40)34(43)36(45)35(44)32(26)41/h6-13H,1-5H3/q+1. The molecule has 1 heterocycles. The Morgan fingerprint density at radius 2 is 0.804 bits per heavy atom. The molecule has 0 bridgehead atoms. The molecule has 0 saturated carbocycles. The van der Waals surface area contributed by atoms with Crippen LogP contribution in [0.2, 0.25) is 0 Å². The van der Waals surface area contributed by atoms with Crippen molar-refractivity contribution in [1.29, 1.82) is 0 Å². The number of halogens is 9. The molecule has 0 unspecified atom stereocenters. The maximum Gasteiger partial charge on any atom is 0.214 e. The highest BCUT2D eigenvalue weighted by atomic mass is 19.2. The summed E-state index contributed by atoms with van der Waals surface area (Å²) in [6.07, 6.45) is 0. The monoisotopic (exact) mass is 640 g/mol. The lowest BCUT2D eigenvalue weighted by atomic mass is 9.87. The Morgan fingerprint density at radius 3 is 1.26 bits per heavy atom. The molecule has 46 heavy (non-hydrogen) atoms. The van der Waals surface area contributed by atoms with Gasteiger partial charge >= 0.3 is 0 Å². The largest absolute Gasteiger partial charge is 0.214 e. The fraction of sp³-hybridized carbons (Fsp3) is 0.139. The normalized spacial score (nSPS) is 11.7. The summed E-state index contributed by atoms with van der Waals surface area (Å²) in [5.41, 5.74) is 1.59. The van der Waals surface area contributed by atoms with Gasteiger partial charge in [0, 0.05) is 23.3 Å². The summed E-state index contributed by atoms with van der Waals surface area (Å²) in [4.78, 5) is 0. The number of hydrogen-bond donors (Lipinski definition) is 0. The van der Waals surface area contributed by atoms with Gasteiger partial charge in [-0.05, 0) is 67.6 Å². The third-order valence-corrected chi connectivity index (χ3v) is 8.45. The predicted molar refractivity (Wildman–Crippen MR) is 158 cm³/mol. The lowest BCUT2D eigenvalue weighted by Crippen LogP contribution is -2.30. The van der Waals surface area contributed by atoms with Crippen molar-refractivity contribution in [3.63, 3.8) is 0 Å². The molecule has 6 aromatic rings. The number of aromatic nitrogens is 1. The molecule has 5 aromatic carbocycles. The Balaban J connectivity index is 1.77. The fourth-order valence-corrected chi connectivity index (χ4v) is 6.33. The summed E-state index contributed by atoms with van der Waals surface area (Å²) in [6, 6.07) is 12.2. The van der Waals surface area contributed by atoms with Crippen LogP contribution in [-0.4, -0.2) is 0 Å². The van der Waals surface area contributed by atoms with E-state index in [0.29, 0.717) is 21.9 Å². The zero-order valence-corrected chi connectivity index (χ0v) is 25.0. The molecule has 0 aliphatic heterocycles. The molecule has 0 saturated heterocycles. The highest BCUT2D eigenvalue weighted by Gasteiger charge is 2.30. The minimum atomic E-state index is -2.29. The molecule has 0 N–H and O–H groups in total. The van der Waals surface area contributed by atoms with Crippen LogP contribution in [0.1, 0.15) is 22.3 Å². The first-order valence-corrected chi connectivity index (χ1v) is 14.0. The van der Waals surface area contributed by atoms with Crippen LogP contribution < -0.4 is 4.57 Å². The lowest BCUT2D eigenvalue weighted by molar-refractivity contribution is -0.617. The molecule has 6 rings (SSSR count). The maximum absolute atomic E-state index is 15.2. The molecule has 0 amide bonds. The van der Waals surface area contributed by atoms with Crippen LogP contribution >= 0.6 is 0 Å². The molecule has 0 radical (unpaired) electrons. The topological polar surface area (TPSA) is 3.88 Å². The van der Waals surface area contributed by atoms with E-state index in [-0.39, 0.29) is 16.6 Å². The number of benzene rings is 5. The van der Waals surface area contributed by atoms with Gasteiger partial charge < -0.3 is 0 Å². The van der Waals surface area contributed by atoms with E-state index in [1.165, 1.54) is 34.9 Å². The summed E-state index contributed by atoms with van der Waals surface area (Å²) in [6.45, 7) is 6.66. The molecule has 0 spiro atoms. The van der Waals surface area contributed by atoms with E-state index in [9.17, 15) is 30.7 Å². The van der Waals surface area contributed by atoms with Crippen molar-refractivity contribution < 1.29 is 44.1 Å². The SMILES string of the molecule is Cc1cc(C)c(-c2c3ccc(-c4c(F)c(C)c(F)c(F)c4F)cc3[n+](C)c3cc(-c4c(F)c(F)c(F)c(F)c4F)ccc23)c(C)c1. The van der Waals surface area contributed by atoms with Crippen LogP contribution in [0.3, 0.4) is 0 Å². The van der Waals surface area contributed by atoms with Crippen LogP contribution in [0.4, 0.5) is 39.5 Å². The van der Waals surface area contributed by atoms with Crippen LogP contribution in [0.25, 0.3) is 55.2 Å². The number of rotatable bonds is 3. The Bertz CT molecular complexity index is 2100. The van der Waals surface area contributed by atoms with E-state index < -0.39 is 69.0 Å². The molecular formula is C36H23F9N+. The summed E-state index contributed by atoms with van der Waals surface area (Å²) in [5, 5.41) is 1.10. The number of aryl methyl sites for hydroxylation is 4. The van der Waals surface area contributed by atoms with E-state index >= 15 is 8.78 Å². The van der Waals surface area contributed by atoms with Crippen molar-refractivity contribution in [2.45, 2.75) is 27.7 Å². The fourth-order valence-electron chi connectivity index (χ4n) is 6.33. The zero-order chi connectivity index (χ0) is 33.5. The van der Waals surface area contributed by atoms with Gasteiger partial charge in [0.2, 0.25) is 16.9 Å². The third kappa shape index (κ3) is 4.45. The minimum absolute atomic E-state index is 0.126. The second-order valence-electron chi connectivity index (χ2n) is 11.4. The van der Waals surface area contributed by atoms with Crippen molar-refractivity contribution in [1.82, 2.24) is 0 Å². The van der Waals surface area contributed by atoms with Gasteiger partial charge in [-0.25, -0.2) is 39.5 Å². The Morgan fingerprint density at radius 1 is 0.413 bits per heavy atom. The van der Waals surface area contributed by atoms with Crippen LogP contribution in [0.5, 0.6) is 0 Å². The second-order valence-corrected chi connectivity index (χ2v) is 11.4. The lowest BCUT2D eigenvalue weighted by Gasteiger charge is -2.18. The van der Waals surface area contributed by atoms with Crippen LogP contribution in [0, 0.1) is 80.0 Å². The van der Waals surface area contributed by atoms with Gasteiger partial charge in [-0.2, -0.15) is 4.57 Å². The summed E-state index contributed by atoms with van der Waals surface area (Å²) < 4.78 is 132. The average molecular weight is 641 g/mol. The van der Waals surface area contributed by atoms with Gasteiger partial charge in [0.25, 0.3) is 0 Å². The Labute approximate surface area is 257 Å². The van der Waals surface area contributed by atoms with E-state index in [1.807, 2.05) is 32.9 Å². The minimum Gasteiger partial charge on any atom is -0.206 e. The van der Waals surface area contributed by atoms with E-state index in [0.717, 1.165) is 29.2 Å². The number of hydrogen-bond acceptors (Lipinski definition) is 0.